The molecule has 1 aliphatic heterocycles. The fourth-order valence-electron chi connectivity index (χ4n) is 2.89. The number of hydrogen-bond donors (Lipinski definition) is 2. The summed E-state index contributed by atoms with van der Waals surface area (Å²) < 4.78 is 0. The second kappa shape index (κ2) is 3.20. The Balaban J connectivity index is 1.50. The van der Waals surface area contributed by atoms with E-state index in [1.54, 1.807) is 4.90 Å². The van der Waals surface area contributed by atoms with Crippen LogP contribution in [0.4, 0.5) is 0 Å². The molecule has 0 aromatic heterocycles. The zero-order valence-electron chi connectivity index (χ0n) is 9.61. The van der Waals surface area contributed by atoms with Gasteiger partial charge in [0.05, 0.1) is 13.1 Å². The molecule has 0 unspecified atom stereocenters. The van der Waals surface area contributed by atoms with Gasteiger partial charge in [0.1, 0.15) is 5.60 Å². The standard InChI is InChI=1S/C12H20N2O2/c13-11(4-1-5-11)6-10(15)14-7-12(16,8-14)9-2-3-9/h9,16H,1-8,13H2. The van der Waals surface area contributed by atoms with E-state index < -0.39 is 5.60 Å². The molecule has 16 heavy (non-hydrogen) atoms. The number of carbonyl (C=O) groups is 1. The van der Waals surface area contributed by atoms with Crippen LogP contribution in [0, 0.1) is 5.92 Å². The van der Waals surface area contributed by atoms with Gasteiger partial charge in [0.15, 0.2) is 0 Å². The third kappa shape index (κ3) is 1.64. The van der Waals surface area contributed by atoms with E-state index in [2.05, 4.69) is 0 Å². The van der Waals surface area contributed by atoms with Crippen molar-refractivity contribution in [2.45, 2.75) is 49.7 Å². The predicted molar refractivity (Wildman–Crippen MR) is 59.6 cm³/mol. The van der Waals surface area contributed by atoms with E-state index in [0.29, 0.717) is 25.4 Å². The molecule has 0 aromatic carbocycles. The van der Waals surface area contributed by atoms with E-state index in [4.69, 9.17) is 5.73 Å². The largest absolute Gasteiger partial charge is 0.386 e. The molecule has 4 heteroatoms. The van der Waals surface area contributed by atoms with E-state index in [-0.39, 0.29) is 11.4 Å². The second-order valence-electron chi connectivity index (χ2n) is 6.02. The highest BCUT2D eigenvalue weighted by Gasteiger charge is 2.53. The minimum atomic E-state index is -0.558. The van der Waals surface area contributed by atoms with E-state index in [1.807, 2.05) is 0 Å². The van der Waals surface area contributed by atoms with Crippen LogP contribution in [0.2, 0.25) is 0 Å². The number of amides is 1. The Morgan fingerprint density at radius 2 is 2.00 bits per heavy atom. The number of hydrogen-bond acceptors (Lipinski definition) is 3. The van der Waals surface area contributed by atoms with Gasteiger partial charge in [-0.05, 0) is 38.0 Å². The van der Waals surface area contributed by atoms with Crippen LogP contribution >= 0.6 is 0 Å². The SMILES string of the molecule is NC1(CC(=O)N2CC(O)(C3CC3)C2)CCC1. The molecular formula is C12H20N2O2. The Labute approximate surface area is 95.8 Å². The molecule has 0 aromatic rings. The molecule has 2 aliphatic carbocycles. The first-order valence-corrected chi connectivity index (χ1v) is 6.30. The summed E-state index contributed by atoms with van der Waals surface area (Å²) in [4.78, 5) is 13.7. The van der Waals surface area contributed by atoms with Gasteiger partial charge in [-0.1, -0.05) is 0 Å². The van der Waals surface area contributed by atoms with Crippen molar-refractivity contribution < 1.29 is 9.90 Å². The average molecular weight is 224 g/mol. The quantitative estimate of drug-likeness (QED) is 0.721. The van der Waals surface area contributed by atoms with Crippen molar-refractivity contribution in [1.82, 2.24) is 4.90 Å². The normalized spacial score (nSPS) is 30.5. The number of rotatable bonds is 3. The van der Waals surface area contributed by atoms with Crippen molar-refractivity contribution in [3.05, 3.63) is 0 Å². The maximum Gasteiger partial charge on any atom is 0.224 e. The summed E-state index contributed by atoms with van der Waals surface area (Å²) in [6, 6.07) is 0. The summed E-state index contributed by atoms with van der Waals surface area (Å²) in [5.41, 5.74) is 5.26. The smallest absolute Gasteiger partial charge is 0.224 e. The summed E-state index contributed by atoms with van der Waals surface area (Å²) in [6.45, 7) is 1.07. The average Bonchev–Trinajstić information content (AvgIpc) is 2.93. The van der Waals surface area contributed by atoms with Crippen molar-refractivity contribution >= 4 is 5.91 Å². The monoisotopic (exact) mass is 224 g/mol. The van der Waals surface area contributed by atoms with Crippen molar-refractivity contribution in [3.8, 4) is 0 Å². The molecule has 3 rings (SSSR count). The molecule has 1 heterocycles. The lowest BCUT2D eigenvalue weighted by molar-refractivity contribution is -0.161. The van der Waals surface area contributed by atoms with Crippen LogP contribution in [0.25, 0.3) is 0 Å². The van der Waals surface area contributed by atoms with Crippen LogP contribution in [0.1, 0.15) is 38.5 Å². The molecule has 2 saturated carbocycles. The maximum atomic E-state index is 11.9. The van der Waals surface area contributed by atoms with Crippen molar-refractivity contribution in [2.75, 3.05) is 13.1 Å². The topological polar surface area (TPSA) is 66.6 Å². The Morgan fingerprint density at radius 3 is 2.44 bits per heavy atom. The highest BCUT2D eigenvalue weighted by Crippen LogP contribution is 2.45. The minimum Gasteiger partial charge on any atom is -0.386 e. The summed E-state index contributed by atoms with van der Waals surface area (Å²) >= 11 is 0. The molecule has 1 saturated heterocycles. The first-order valence-electron chi connectivity index (χ1n) is 6.30. The molecule has 4 nitrogen and oxygen atoms in total. The predicted octanol–water partition coefficient (Wildman–Crippen LogP) is 0.241. The van der Waals surface area contributed by atoms with Gasteiger partial charge >= 0.3 is 0 Å². The molecule has 3 N–H and O–H groups in total. The lowest BCUT2D eigenvalue weighted by Gasteiger charge is -2.48. The van der Waals surface area contributed by atoms with Crippen LogP contribution in [-0.4, -0.2) is 40.1 Å². The molecule has 0 spiro atoms. The number of carbonyl (C=O) groups excluding carboxylic acids is 1. The highest BCUT2D eigenvalue weighted by molar-refractivity contribution is 5.78. The van der Waals surface area contributed by atoms with Gasteiger partial charge in [0.25, 0.3) is 0 Å². The number of nitrogens with two attached hydrogens (primary N) is 1. The van der Waals surface area contributed by atoms with Crippen molar-refractivity contribution in [2.24, 2.45) is 11.7 Å². The Bertz CT molecular complexity index is 315. The van der Waals surface area contributed by atoms with Gasteiger partial charge in [0, 0.05) is 12.0 Å². The molecule has 0 radical (unpaired) electrons. The fraction of sp³-hybridized carbons (Fsp3) is 0.917. The molecule has 3 aliphatic rings. The number of β-amino-alcohol motifs (C(OH)–C–C–N with tert-alkyl or cyclic N) is 1. The Kier molecular flexibility index (Phi) is 2.11. The van der Waals surface area contributed by atoms with Crippen LogP contribution in [0.3, 0.4) is 0 Å². The summed E-state index contributed by atoms with van der Waals surface area (Å²) in [6.07, 6.45) is 5.81. The molecular weight excluding hydrogens is 204 g/mol. The number of likely N-dealkylation sites (tertiary alicyclic amines) is 1. The van der Waals surface area contributed by atoms with E-state index in [1.165, 1.54) is 0 Å². The molecule has 90 valence electrons. The van der Waals surface area contributed by atoms with Gasteiger partial charge in [-0.25, -0.2) is 0 Å². The van der Waals surface area contributed by atoms with Crippen LogP contribution in [0.5, 0.6) is 0 Å². The third-order valence-electron chi connectivity index (χ3n) is 4.47. The first-order chi connectivity index (χ1) is 7.51. The van der Waals surface area contributed by atoms with Crippen molar-refractivity contribution in [1.29, 1.82) is 0 Å². The first kappa shape index (κ1) is 10.5. The summed E-state index contributed by atoms with van der Waals surface area (Å²) in [5.74, 6) is 0.583. The van der Waals surface area contributed by atoms with E-state index in [9.17, 15) is 9.90 Å². The Hall–Kier alpha value is -0.610. The molecule has 1 amide bonds. The van der Waals surface area contributed by atoms with Crippen LogP contribution < -0.4 is 5.73 Å². The van der Waals surface area contributed by atoms with Gasteiger partial charge in [-0.2, -0.15) is 0 Å². The van der Waals surface area contributed by atoms with E-state index >= 15 is 0 Å². The number of aliphatic hydroxyl groups is 1. The highest BCUT2D eigenvalue weighted by atomic mass is 16.3. The number of nitrogens with zero attached hydrogens (tertiary/aromatic N) is 1. The van der Waals surface area contributed by atoms with Crippen molar-refractivity contribution in [3.63, 3.8) is 0 Å². The zero-order chi connectivity index (χ0) is 11.4. The fourth-order valence-corrected chi connectivity index (χ4v) is 2.89. The molecule has 0 atom stereocenters. The van der Waals surface area contributed by atoms with Crippen LogP contribution in [0.15, 0.2) is 0 Å². The summed E-state index contributed by atoms with van der Waals surface area (Å²) in [5, 5.41) is 10.1. The Morgan fingerprint density at radius 1 is 1.38 bits per heavy atom. The van der Waals surface area contributed by atoms with Gasteiger partial charge in [-0.15, -0.1) is 0 Å². The second-order valence-corrected chi connectivity index (χ2v) is 6.02. The zero-order valence-corrected chi connectivity index (χ0v) is 9.61. The third-order valence-corrected chi connectivity index (χ3v) is 4.47. The maximum absolute atomic E-state index is 11.9. The molecule has 0 bridgehead atoms. The molecule has 3 fully saturated rings. The minimum absolute atomic E-state index is 0.132. The summed E-state index contributed by atoms with van der Waals surface area (Å²) in [7, 11) is 0. The lowest BCUT2D eigenvalue weighted by atomic mass is 9.74. The van der Waals surface area contributed by atoms with Crippen LogP contribution in [-0.2, 0) is 4.79 Å². The van der Waals surface area contributed by atoms with Gasteiger partial charge in [-0.3, -0.25) is 4.79 Å². The van der Waals surface area contributed by atoms with Gasteiger partial charge in [0.2, 0.25) is 5.91 Å². The van der Waals surface area contributed by atoms with E-state index in [0.717, 1.165) is 32.1 Å². The lowest BCUT2D eigenvalue weighted by Crippen LogP contribution is -2.66. The van der Waals surface area contributed by atoms with Gasteiger partial charge < -0.3 is 15.7 Å².